The molecule has 5 heteroatoms. The van der Waals surface area contributed by atoms with E-state index >= 15 is 0 Å². The molecule has 0 saturated heterocycles. The largest absolute Gasteiger partial charge is 0.494 e. The van der Waals surface area contributed by atoms with Gasteiger partial charge < -0.3 is 9.84 Å². The lowest BCUT2D eigenvalue weighted by Gasteiger charge is -2.05. The number of rotatable bonds is 4. The first-order valence-corrected chi connectivity index (χ1v) is 6.26. The number of ether oxygens (including phenoxy) is 1. The zero-order chi connectivity index (χ0) is 13.8. The second-order valence-electron chi connectivity index (χ2n) is 3.73. The SMILES string of the molecule is COc1ccc(Sc2ccc(C(=O)O)cc2)cc1F. The lowest BCUT2D eigenvalue weighted by molar-refractivity contribution is 0.0697. The Labute approximate surface area is 114 Å². The molecule has 98 valence electrons. The maximum Gasteiger partial charge on any atom is 0.335 e. The molecule has 0 amide bonds. The smallest absolute Gasteiger partial charge is 0.335 e. The van der Waals surface area contributed by atoms with Gasteiger partial charge in [-0.15, -0.1) is 0 Å². The minimum absolute atomic E-state index is 0.200. The Bertz CT molecular complexity index is 596. The van der Waals surface area contributed by atoms with Gasteiger partial charge in [0.1, 0.15) is 0 Å². The highest BCUT2D eigenvalue weighted by molar-refractivity contribution is 7.99. The molecule has 0 spiro atoms. The van der Waals surface area contributed by atoms with Gasteiger partial charge in [-0.05, 0) is 42.5 Å². The third kappa shape index (κ3) is 3.26. The van der Waals surface area contributed by atoms with Gasteiger partial charge in [0, 0.05) is 9.79 Å². The number of benzene rings is 2. The Morgan fingerprint density at radius 3 is 2.32 bits per heavy atom. The van der Waals surface area contributed by atoms with Crippen molar-refractivity contribution < 1.29 is 19.0 Å². The Morgan fingerprint density at radius 1 is 1.16 bits per heavy atom. The van der Waals surface area contributed by atoms with Crippen LogP contribution in [0.5, 0.6) is 5.75 Å². The number of carbonyl (C=O) groups is 1. The van der Waals surface area contributed by atoms with Crippen LogP contribution in [0.25, 0.3) is 0 Å². The van der Waals surface area contributed by atoms with Crippen LogP contribution < -0.4 is 4.74 Å². The molecule has 0 heterocycles. The van der Waals surface area contributed by atoms with Gasteiger partial charge >= 0.3 is 5.97 Å². The zero-order valence-corrected chi connectivity index (χ0v) is 10.9. The van der Waals surface area contributed by atoms with Gasteiger partial charge in [0.2, 0.25) is 0 Å². The number of carboxylic acid groups (broad SMARTS) is 1. The molecule has 0 aromatic heterocycles. The van der Waals surface area contributed by atoms with E-state index in [1.54, 1.807) is 24.3 Å². The maximum atomic E-state index is 13.5. The Hall–Kier alpha value is -2.01. The van der Waals surface area contributed by atoms with Crippen LogP contribution in [0.15, 0.2) is 52.3 Å². The van der Waals surface area contributed by atoms with E-state index in [1.807, 2.05) is 0 Å². The number of halogens is 1. The topological polar surface area (TPSA) is 46.5 Å². The van der Waals surface area contributed by atoms with E-state index in [-0.39, 0.29) is 11.3 Å². The Kier molecular flexibility index (Phi) is 4.06. The average molecular weight is 278 g/mol. The van der Waals surface area contributed by atoms with E-state index in [1.165, 1.54) is 37.1 Å². The Morgan fingerprint density at radius 2 is 1.79 bits per heavy atom. The monoisotopic (exact) mass is 278 g/mol. The van der Waals surface area contributed by atoms with Crippen molar-refractivity contribution in [1.29, 1.82) is 0 Å². The molecule has 2 aromatic carbocycles. The van der Waals surface area contributed by atoms with E-state index in [9.17, 15) is 9.18 Å². The molecule has 3 nitrogen and oxygen atoms in total. The van der Waals surface area contributed by atoms with Gasteiger partial charge in [0.15, 0.2) is 11.6 Å². The normalized spacial score (nSPS) is 10.2. The van der Waals surface area contributed by atoms with Crippen LogP contribution in [0, 0.1) is 5.82 Å². The van der Waals surface area contributed by atoms with E-state index in [0.29, 0.717) is 0 Å². The maximum absolute atomic E-state index is 13.5. The molecule has 0 aliphatic carbocycles. The summed E-state index contributed by atoms with van der Waals surface area (Å²) in [5.41, 5.74) is 0.227. The lowest BCUT2D eigenvalue weighted by atomic mass is 10.2. The van der Waals surface area contributed by atoms with Crippen molar-refractivity contribution in [3.05, 3.63) is 53.8 Å². The number of hydrogen-bond donors (Lipinski definition) is 1. The molecule has 0 aliphatic rings. The summed E-state index contributed by atoms with van der Waals surface area (Å²) in [4.78, 5) is 12.3. The number of hydrogen-bond acceptors (Lipinski definition) is 3. The van der Waals surface area contributed by atoms with Crippen molar-refractivity contribution in [2.24, 2.45) is 0 Å². The predicted octanol–water partition coefficient (Wildman–Crippen LogP) is 3.68. The van der Waals surface area contributed by atoms with E-state index in [2.05, 4.69) is 0 Å². The highest BCUT2D eigenvalue weighted by atomic mass is 32.2. The van der Waals surface area contributed by atoms with Gasteiger partial charge in [-0.25, -0.2) is 9.18 Å². The van der Waals surface area contributed by atoms with Gasteiger partial charge in [0.25, 0.3) is 0 Å². The van der Waals surface area contributed by atoms with Gasteiger partial charge in [0.05, 0.1) is 12.7 Å². The summed E-state index contributed by atoms with van der Waals surface area (Å²) in [6.45, 7) is 0. The summed E-state index contributed by atoms with van der Waals surface area (Å²) >= 11 is 1.35. The minimum atomic E-state index is -0.966. The van der Waals surface area contributed by atoms with Crippen LogP contribution in [0.4, 0.5) is 4.39 Å². The van der Waals surface area contributed by atoms with Crippen molar-refractivity contribution in [2.45, 2.75) is 9.79 Å². The van der Waals surface area contributed by atoms with E-state index < -0.39 is 11.8 Å². The molecule has 0 unspecified atom stereocenters. The fourth-order valence-electron chi connectivity index (χ4n) is 1.51. The molecule has 1 N–H and O–H groups in total. The minimum Gasteiger partial charge on any atom is -0.494 e. The first kappa shape index (κ1) is 13.4. The highest BCUT2D eigenvalue weighted by Gasteiger charge is 2.06. The van der Waals surface area contributed by atoms with Crippen LogP contribution in [0.2, 0.25) is 0 Å². The number of methoxy groups -OCH3 is 1. The summed E-state index contributed by atoms with van der Waals surface area (Å²) in [7, 11) is 1.41. The molecule has 2 aromatic rings. The lowest BCUT2D eigenvalue weighted by Crippen LogP contribution is -1.94. The second kappa shape index (κ2) is 5.75. The standard InChI is InChI=1S/C14H11FO3S/c1-18-13-7-6-11(8-12(13)15)19-10-4-2-9(3-5-10)14(16)17/h2-8H,1H3,(H,16,17). The van der Waals surface area contributed by atoms with Crippen LogP contribution in [0.1, 0.15) is 10.4 Å². The summed E-state index contributed by atoms with van der Waals surface area (Å²) in [6, 6.07) is 11.1. The first-order chi connectivity index (χ1) is 9.10. The zero-order valence-electron chi connectivity index (χ0n) is 10.1. The third-order valence-electron chi connectivity index (χ3n) is 2.46. The number of carboxylic acids is 1. The summed E-state index contributed by atoms with van der Waals surface area (Å²) in [5.74, 6) is -1.19. The molecule has 0 radical (unpaired) electrons. The Balaban J connectivity index is 2.16. The fraction of sp³-hybridized carbons (Fsp3) is 0.0714. The van der Waals surface area contributed by atoms with Crippen LogP contribution in [-0.4, -0.2) is 18.2 Å². The molecule has 0 atom stereocenters. The molecular weight excluding hydrogens is 267 g/mol. The molecule has 2 rings (SSSR count). The van der Waals surface area contributed by atoms with Crippen molar-refractivity contribution in [1.82, 2.24) is 0 Å². The molecule has 0 saturated carbocycles. The van der Waals surface area contributed by atoms with Crippen molar-refractivity contribution in [3.63, 3.8) is 0 Å². The second-order valence-corrected chi connectivity index (χ2v) is 4.87. The van der Waals surface area contributed by atoms with Crippen molar-refractivity contribution >= 4 is 17.7 Å². The van der Waals surface area contributed by atoms with Gasteiger partial charge in [-0.2, -0.15) is 0 Å². The fourth-order valence-corrected chi connectivity index (χ4v) is 2.36. The van der Waals surface area contributed by atoms with Gasteiger partial charge in [-0.3, -0.25) is 0 Å². The van der Waals surface area contributed by atoms with Crippen LogP contribution >= 0.6 is 11.8 Å². The van der Waals surface area contributed by atoms with Crippen molar-refractivity contribution in [3.8, 4) is 5.75 Å². The average Bonchev–Trinajstić information content (AvgIpc) is 2.39. The summed E-state index contributed by atoms with van der Waals surface area (Å²) < 4.78 is 18.3. The number of aromatic carboxylic acids is 1. The molecule has 0 bridgehead atoms. The first-order valence-electron chi connectivity index (χ1n) is 5.45. The summed E-state index contributed by atoms with van der Waals surface area (Å²) in [5, 5.41) is 8.79. The predicted molar refractivity (Wildman–Crippen MR) is 70.5 cm³/mol. The van der Waals surface area contributed by atoms with Crippen LogP contribution in [-0.2, 0) is 0 Å². The molecule has 0 fully saturated rings. The quantitative estimate of drug-likeness (QED) is 0.926. The van der Waals surface area contributed by atoms with E-state index in [4.69, 9.17) is 9.84 Å². The van der Waals surface area contributed by atoms with E-state index in [0.717, 1.165) is 9.79 Å². The van der Waals surface area contributed by atoms with Crippen molar-refractivity contribution in [2.75, 3.05) is 7.11 Å². The summed E-state index contributed by atoms with van der Waals surface area (Å²) in [6.07, 6.45) is 0. The van der Waals surface area contributed by atoms with Gasteiger partial charge in [-0.1, -0.05) is 11.8 Å². The molecular formula is C14H11FO3S. The van der Waals surface area contributed by atoms with Crippen LogP contribution in [0.3, 0.4) is 0 Å². The highest BCUT2D eigenvalue weighted by Crippen LogP contribution is 2.30. The third-order valence-corrected chi connectivity index (χ3v) is 3.46. The molecule has 0 aliphatic heterocycles. The molecule has 19 heavy (non-hydrogen) atoms.